The molecule has 0 atom stereocenters. The smallest absolute Gasteiger partial charge is 0.257 e. The van der Waals surface area contributed by atoms with E-state index in [-0.39, 0.29) is 5.91 Å². The van der Waals surface area contributed by atoms with E-state index in [1.165, 1.54) is 5.56 Å². The average molecular weight is 325 g/mol. The third-order valence-corrected chi connectivity index (χ3v) is 4.08. The van der Waals surface area contributed by atoms with E-state index in [1.54, 1.807) is 6.07 Å². The number of carbonyl (C=O) groups excluding carboxylic acids is 1. The van der Waals surface area contributed by atoms with Gasteiger partial charge < -0.3 is 5.32 Å². The molecule has 3 aromatic rings. The third-order valence-electron chi connectivity index (χ3n) is 3.84. The van der Waals surface area contributed by atoms with Gasteiger partial charge in [0, 0.05) is 16.1 Å². The average Bonchev–Trinajstić information content (AvgIpc) is 2.49. The van der Waals surface area contributed by atoms with Gasteiger partial charge in [-0.25, -0.2) is 0 Å². The number of hydrogen-bond donors (Lipinski definition) is 1. The molecular formula is C19H17ClN2O. The van der Waals surface area contributed by atoms with Crippen LogP contribution in [-0.2, 0) is 0 Å². The van der Waals surface area contributed by atoms with Crippen LogP contribution in [0.1, 0.15) is 27.2 Å². The zero-order chi connectivity index (χ0) is 16.6. The van der Waals surface area contributed by atoms with Gasteiger partial charge in [0.15, 0.2) is 0 Å². The normalized spacial score (nSPS) is 10.8. The van der Waals surface area contributed by atoms with Crippen LogP contribution >= 0.6 is 11.6 Å². The van der Waals surface area contributed by atoms with Crippen LogP contribution in [0, 0.1) is 20.8 Å². The van der Waals surface area contributed by atoms with Gasteiger partial charge in [0.05, 0.1) is 16.8 Å². The van der Waals surface area contributed by atoms with Crippen molar-refractivity contribution in [2.45, 2.75) is 20.8 Å². The molecule has 0 aliphatic rings. The van der Waals surface area contributed by atoms with Crippen LogP contribution in [-0.4, -0.2) is 10.9 Å². The molecule has 0 aliphatic carbocycles. The molecule has 3 nitrogen and oxygen atoms in total. The van der Waals surface area contributed by atoms with Crippen molar-refractivity contribution in [2.75, 3.05) is 5.32 Å². The number of halogens is 1. The highest BCUT2D eigenvalue weighted by Crippen LogP contribution is 2.22. The molecule has 0 fully saturated rings. The fraction of sp³-hybridized carbons (Fsp3) is 0.158. The Balaban J connectivity index is 1.98. The van der Waals surface area contributed by atoms with Crippen molar-refractivity contribution in [3.63, 3.8) is 0 Å². The zero-order valence-electron chi connectivity index (χ0n) is 13.3. The summed E-state index contributed by atoms with van der Waals surface area (Å²) in [6, 6.07) is 13.2. The summed E-state index contributed by atoms with van der Waals surface area (Å²) in [5.41, 5.74) is 5.09. The second-order valence-corrected chi connectivity index (χ2v) is 6.17. The van der Waals surface area contributed by atoms with E-state index < -0.39 is 0 Å². The molecule has 1 N–H and O–H groups in total. The van der Waals surface area contributed by atoms with Crippen LogP contribution in [0.5, 0.6) is 0 Å². The van der Waals surface area contributed by atoms with E-state index in [1.807, 2.05) is 57.2 Å². The third kappa shape index (κ3) is 3.20. The molecule has 1 aromatic heterocycles. The highest BCUT2D eigenvalue weighted by Gasteiger charge is 2.13. The molecule has 2 aromatic carbocycles. The lowest BCUT2D eigenvalue weighted by Crippen LogP contribution is -2.15. The number of benzene rings is 2. The number of aryl methyl sites for hydroxylation is 3. The number of aromatic nitrogens is 1. The van der Waals surface area contributed by atoms with Gasteiger partial charge in [0.25, 0.3) is 5.91 Å². The number of nitrogens with zero attached hydrogens (tertiary/aromatic N) is 1. The molecular weight excluding hydrogens is 308 g/mol. The fourth-order valence-corrected chi connectivity index (χ4v) is 2.80. The molecule has 3 rings (SSSR count). The fourth-order valence-electron chi connectivity index (χ4n) is 2.62. The van der Waals surface area contributed by atoms with E-state index in [9.17, 15) is 4.79 Å². The Kier molecular flexibility index (Phi) is 4.05. The van der Waals surface area contributed by atoms with Crippen LogP contribution in [0.3, 0.4) is 0 Å². The standard InChI is InChI=1S/C19H17ClN2O/c1-11-4-6-17(12(2)8-11)22-19(23)16-10-14-9-15(20)5-7-18(14)21-13(16)3/h4-10H,1-3H3,(H,22,23). The molecule has 0 saturated heterocycles. The number of hydrogen-bond acceptors (Lipinski definition) is 2. The first-order chi connectivity index (χ1) is 10.9. The number of pyridine rings is 1. The lowest BCUT2D eigenvalue weighted by atomic mass is 10.1. The minimum Gasteiger partial charge on any atom is -0.322 e. The van der Waals surface area contributed by atoms with Crippen LogP contribution in [0.15, 0.2) is 42.5 Å². The summed E-state index contributed by atoms with van der Waals surface area (Å²) in [6.07, 6.45) is 0. The van der Waals surface area contributed by atoms with Gasteiger partial charge in [-0.05, 0) is 56.7 Å². The van der Waals surface area contributed by atoms with Gasteiger partial charge in [0.2, 0.25) is 0 Å². The van der Waals surface area contributed by atoms with Crippen molar-refractivity contribution >= 4 is 34.1 Å². The van der Waals surface area contributed by atoms with Gasteiger partial charge in [-0.3, -0.25) is 9.78 Å². The van der Waals surface area contributed by atoms with Crippen LogP contribution in [0.2, 0.25) is 5.02 Å². The van der Waals surface area contributed by atoms with Crippen molar-refractivity contribution in [3.8, 4) is 0 Å². The van der Waals surface area contributed by atoms with E-state index in [0.717, 1.165) is 22.2 Å². The summed E-state index contributed by atoms with van der Waals surface area (Å²) < 4.78 is 0. The van der Waals surface area contributed by atoms with Crippen LogP contribution in [0.25, 0.3) is 10.9 Å². The highest BCUT2D eigenvalue weighted by atomic mass is 35.5. The molecule has 0 spiro atoms. The predicted molar refractivity (Wildman–Crippen MR) is 95.4 cm³/mol. The molecule has 4 heteroatoms. The molecule has 0 radical (unpaired) electrons. The van der Waals surface area contributed by atoms with Crippen molar-refractivity contribution in [2.24, 2.45) is 0 Å². The van der Waals surface area contributed by atoms with Crippen LogP contribution in [0.4, 0.5) is 5.69 Å². The minimum absolute atomic E-state index is 0.163. The number of anilines is 1. The summed E-state index contributed by atoms with van der Waals surface area (Å²) >= 11 is 6.03. The highest BCUT2D eigenvalue weighted by molar-refractivity contribution is 6.31. The molecule has 116 valence electrons. The molecule has 0 bridgehead atoms. The van der Waals surface area contributed by atoms with Gasteiger partial charge in [-0.15, -0.1) is 0 Å². The number of nitrogens with one attached hydrogen (secondary N) is 1. The first-order valence-electron chi connectivity index (χ1n) is 7.39. The molecule has 0 aliphatic heterocycles. The number of fused-ring (bicyclic) bond motifs is 1. The molecule has 1 heterocycles. The lowest BCUT2D eigenvalue weighted by molar-refractivity contribution is 0.102. The van der Waals surface area contributed by atoms with Crippen molar-refractivity contribution < 1.29 is 4.79 Å². The topological polar surface area (TPSA) is 42.0 Å². The Bertz CT molecular complexity index is 919. The summed E-state index contributed by atoms with van der Waals surface area (Å²) in [4.78, 5) is 17.1. The molecule has 23 heavy (non-hydrogen) atoms. The molecule has 0 unspecified atom stereocenters. The maximum absolute atomic E-state index is 12.6. The second kappa shape index (κ2) is 6.01. The van der Waals surface area contributed by atoms with Gasteiger partial charge in [-0.1, -0.05) is 29.3 Å². The number of carbonyl (C=O) groups is 1. The summed E-state index contributed by atoms with van der Waals surface area (Å²) in [5.74, 6) is -0.163. The van der Waals surface area contributed by atoms with Gasteiger partial charge in [-0.2, -0.15) is 0 Å². The summed E-state index contributed by atoms with van der Waals surface area (Å²) in [6.45, 7) is 5.85. The largest absolute Gasteiger partial charge is 0.322 e. The predicted octanol–water partition coefficient (Wildman–Crippen LogP) is 5.07. The Morgan fingerprint density at radius 3 is 2.57 bits per heavy atom. The first-order valence-corrected chi connectivity index (χ1v) is 7.77. The maximum atomic E-state index is 12.6. The number of amides is 1. The Labute approximate surface area is 140 Å². The monoisotopic (exact) mass is 324 g/mol. The Morgan fingerprint density at radius 1 is 1.04 bits per heavy atom. The summed E-state index contributed by atoms with van der Waals surface area (Å²) in [5, 5.41) is 4.45. The second-order valence-electron chi connectivity index (χ2n) is 5.73. The van der Waals surface area contributed by atoms with E-state index >= 15 is 0 Å². The Morgan fingerprint density at radius 2 is 1.83 bits per heavy atom. The van der Waals surface area contributed by atoms with Gasteiger partial charge in [0.1, 0.15) is 0 Å². The Hall–Kier alpha value is -2.39. The number of rotatable bonds is 2. The molecule has 1 amide bonds. The minimum atomic E-state index is -0.163. The summed E-state index contributed by atoms with van der Waals surface area (Å²) in [7, 11) is 0. The SMILES string of the molecule is Cc1ccc(NC(=O)c2cc3cc(Cl)ccc3nc2C)c(C)c1. The maximum Gasteiger partial charge on any atom is 0.257 e. The zero-order valence-corrected chi connectivity index (χ0v) is 14.0. The van der Waals surface area contributed by atoms with E-state index in [0.29, 0.717) is 16.3 Å². The van der Waals surface area contributed by atoms with Crippen molar-refractivity contribution in [1.29, 1.82) is 0 Å². The quantitative estimate of drug-likeness (QED) is 0.715. The molecule has 0 saturated carbocycles. The van der Waals surface area contributed by atoms with Crippen LogP contribution < -0.4 is 5.32 Å². The lowest BCUT2D eigenvalue weighted by Gasteiger charge is -2.11. The van der Waals surface area contributed by atoms with Gasteiger partial charge >= 0.3 is 0 Å². The van der Waals surface area contributed by atoms with E-state index in [4.69, 9.17) is 11.6 Å². The van der Waals surface area contributed by atoms with Crippen molar-refractivity contribution in [1.82, 2.24) is 4.98 Å². The first kappa shape index (κ1) is 15.5. The van der Waals surface area contributed by atoms with Crippen molar-refractivity contribution in [3.05, 3.63) is 69.9 Å². The van der Waals surface area contributed by atoms with E-state index in [2.05, 4.69) is 10.3 Å².